The van der Waals surface area contributed by atoms with Crippen molar-refractivity contribution in [1.29, 1.82) is 0 Å². The summed E-state index contributed by atoms with van der Waals surface area (Å²) in [6.45, 7) is 10.2. The number of amides is 1. The molecule has 2 aromatic heterocycles. The fourth-order valence-electron chi connectivity index (χ4n) is 3.20. The van der Waals surface area contributed by atoms with Gasteiger partial charge in [-0.2, -0.15) is 10.2 Å². The van der Waals surface area contributed by atoms with Crippen molar-refractivity contribution in [2.24, 2.45) is 0 Å². The number of benzene rings is 1. The van der Waals surface area contributed by atoms with E-state index in [1.807, 2.05) is 61.3 Å². The lowest BCUT2D eigenvalue weighted by Crippen LogP contribution is -2.25. The summed E-state index contributed by atoms with van der Waals surface area (Å²) in [6.07, 6.45) is 0.851. The molecular weight excluding hydrogens is 338 g/mol. The second kappa shape index (κ2) is 8.20. The lowest BCUT2D eigenvalue weighted by atomic mass is 10.1. The van der Waals surface area contributed by atoms with Gasteiger partial charge in [0.2, 0.25) is 0 Å². The van der Waals surface area contributed by atoms with Crippen LogP contribution in [0.25, 0.3) is 0 Å². The summed E-state index contributed by atoms with van der Waals surface area (Å²) >= 11 is 0. The molecule has 0 atom stereocenters. The van der Waals surface area contributed by atoms with E-state index < -0.39 is 0 Å². The van der Waals surface area contributed by atoms with Gasteiger partial charge in [0.05, 0.1) is 17.9 Å². The monoisotopic (exact) mass is 365 g/mol. The Morgan fingerprint density at radius 1 is 0.926 bits per heavy atom. The van der Waals surface area contributed by atoms with Crippen LogP contribution < -0.4 is 5.32 Å². The number of nitrogens with zero attached hydrogens (tertiary/aromatic N) is 4. The van der Waals surface area contributed by atoms with E-state index in [0.29, 0.717) is 18.7 Å². The third-order valence-electron chi connectivity index (χ3n) is 4.59. The molecule has 0 fully saturated rings. The summed E-state index contributed by atoms with van der Waals surface area (Å²) in [4.78, 5) is 12.3. The highest BCUT2D eigenvalue weighted by Gasteiger charge is 2.07. The van der Waals surface area contributed by atoms with Crippen LogP contribution >= 0.6 is 0 Å². The normalized spacial score (nSPS) is 11.0. The Bertz CT molecular complexity index is 921. The number of hydrogen-bond acceptors (Lipinski definition) is 3. The standard InChI is InChI=1S/C21H27N5O/c1-15-12-17(3)25(23-15)11-5-10-22-21(27)20-8-6-19(7-9-20)14-26-18(4)13-16(2)24-26/h6-9,12-13H,5,10-11,14H2,1-4H3,(H,22,27). The number of rotatable bonds is 7. The predicted octanol–water partition coefficient (Wildman–Crippen LogP) is 3.18. The van der Waals surface area contributed by atoms with Gasteiger partial charge in [-0.3, -0.25) is 14.2 Å². The van der Waals surface area contributed by atoms with Crippen molar-refractivity contribution < 1.29 is 4.79 Å². The van der Waals surface area contributed by atoms with Crippen molar-refractivity contribution in [3.05, 3.63) is 70.3 Å². The Kier molecular flexibility index (Phi) is 5.74. The smallest absolute Gasteiger partial charge is 0.251 e. The first-order valence-electron chi connectivity index (χ1n) is 9.31. The van der Waals surface area contributed by atoms with Crippen LogP contribution in [0.3, 0.4) is 0 Å². The van der Waals surface area contributed by atoms with Gasteiger partial charge in [-0.25, -0.2) is 0 Å². The maximum atomic E-state index is 12.3. The fraction of sp³-hybridized carbons (Fsp3) is 0.381. The average molecular weight is 365 g/mol. The Balaban J connectivity index is 1.48. The molecule has 0 bridgehead atoms. The van der Waals surface area contributed by atoms with Crippen LogP contribution in [0.4, 0.5) is 0 Å². The van der Waals surface area contributed by atoms with Crippen LogP contribution in [0, 0.1) is 27.7 Å². The molecule has 0 unspecified atom stereocenters. The zero-order valence-corrected chi connectivity index (χ0v) is 16.5. The third kappa shape index (κ3) is 4.84. The van der Waals surface area contributed by atoms with E-state index in [4.69, 9.17) is 0 Å². The molecule has 6 nitrogen and oxygen atoms in total. The predicted molar refractivity (Wildman–Crippen MR) is 106 cm³/mol. The minimum atomic E-state index is -0.0407. The second-order valence-electron chi connectivity index (χ2n) is 7.04. The van der Waals surface area contributed by atoms with Crippen molar-refractivity contribution in [1.82, 2.24) is 24.9 Å². The lowest BCUT2D eigenvalue weighted by molar-refractivity contribution is 0.0952. The molecule has 0 spiro atoms. The maximum absolute atomic E-state index is 12.3. The van der Waals surface area contributed by atoms with Gasteiger partial charge in [-0.15, -0.1) is 0 Å². The molecule has 0 aliphatic rings. The van der Waals surface area contributed by atoms with Crippen LogP contribution in [0.1, 0.15) is 45.1 Å². The summed E-state index contributed by atoms with van der Waals surface area (Å²) in [5.41, 5.74) is 6.13. The molecule has 3 rings (SSSR count). The Morgan fingerprint density at radius 2 is 1.52 bits per heavy atom. The lowest BCUT2D eigenvalue weighted by Gasteiger charge is -2.08. The van der Waals surface area contributed by atoms with Crippen LogP contribution in [-0.2, 0) is 13.1 Å². The number of hydrogen-bond donors (Lipinski definition) is 1. The highest BCUT2D eigenvalue weighted by Crippen LogP contribution is 2.09. The van der Waals surface area contributed by atoms with Gasteiger partial charge in [0.25, 0.3) is 5.91 Å². The second-order valence-corrected chi connectivity index (χ2v) is 7.04. The largest absolute Gasteiger partial charge is 0.352 e. The van der Waals surface area contributed by atoms with Crippen LogP contribution in [0.15, 0.2) is 36.4 Å². The van der Waals surface area contributed by atoms with E-state index in [0.717, 1.165) is 41.3 Å². The van der Waals surface area contributed by atoms with Crippen molar-refractivity contribution in [2.75, 3.05) is 6.54 Å². The van der Waals surface area contributed by atoms with Crippen molar-refractivity contribution in [3.63, 3.8) is 0 Å². The molecule has 0 saturated heterocycles. The summed E-state index contributed by atoms with van der Waals surface area (Å²) < 4.78 is 3.96. The molecule has 142 valence electrons. The van der Waals surface area contributed by atoms with E-state index in [1.54, 1.807) is 0 Å². The highest BCUT2D eigenvalue weighted by molar-refractivity contribution is 5.94. The Labute approximate surface area is 160 Å². The number of nitrogens with one attached hydrogen (secondary N) is 1. The van der Waals surface area contributed by atoms with Gasteiger partial charge >= 0.3 is 0 Å². The number of aromatic nitrogens is 4. The molecule has 0 aliphatic carbocycles. The summed E-state index contributed by atoms with van der Waals surface area (Å²) in [6, 6.07) is 11.8. The minimum Gasteiger partial charge on any atom is -0.352 e. The van der Waals surface area contributed by atoms with E-state index in [1.165, 1.54) is 0 Å². The first kappa shape index (κ1) is 18.9. The molecular formula is C21H27N5O. The van der Waals surface area contributed by atoms with Crippen molar-refractivity contribution in [2.45, 2.75) is 47.2 Å². The van der Waals surface area contributed by atoms with Gasteiger partial charge in [0, 0.05) is 30.0 Å². The molecule has 3 aromatic rings. The summed E-state index contributed by atoms with van der Waals surface area (Å²) in [5.74, 6) is -0.0407. The van der Waals surface area contributed by atoms with Gasteiger partial charge in [-0.05, 0) is 63.9 Å². The zero-order valence-electron chi connectivity index (χ0n) is 16.5. The van der Waals surface area contributed by atoms with Crippen molar-refractivity contribution in [3.8, 4) is 0 Å². The highest BCUT2D eigenvalue weighted by atomic mass is 16.1. The van der Waals surface area contributed by atoms with E-state index >= 15 is 0 Å². The average Bonchev–Trinajstić information content (AvgIpc) is 3.12. The Morgan fingerprint density at radius 3 is 2.07 bits per heavy atom. The van der Waals surface area contributed by atoms with Gasteiger partial charge in [-0.1, -0.05) is 12.1 Å². The minimum absolute atomic E-state index is 0.0407. The number of carbonyl (C=O) groups is 1. The van der Waals surface area contributed by atoms with E-state index in [9.17, 15) is 4.79 Å². The molecule has 2 heterocycles. The van der Waals surface area contributed by atoms with Gasteiger partial charge in [0.1, 0.15) is 0 Å². The first-order valence-corrected chi connectivity index (χ1v) is 9.31. The molecule has 0 saturated carbocycles. The first-order chi connectivity index (χ1) is 12.9. The van der Waals surface area contributed by atoms with Crippen LogP contribution in [0.2, 0.25) is 0 Å². The zero-order chi connectivity index (χ0) is 19.4. The fourth-order valence-corrected chi connectivity index (χ4v) is 3.20. The molecule has 1 amide bonds. The van der Waals surface area contributed by atoms with Gasteiger partial charge < -0.3 is 5.32 Å². The Hall–Kier alpha value is -2.89. The van der Waals surface area contributed by atoms with Gasteiger partial charge in [0.15, 0.2) is 0 Å². The summed E-state index contributed by atoms with van der Waals surface area (Å²) in [5, 5.41) is 11.9. The van der Waals surface area contributed by atoms with Crippen molar-refractivity contribution >= 4 is 5.91 Å². The van der Waals surface area contributed by atoms with Crippen LogP contribution in [0.5, 0.6) is 0 Å². The van der Waals surface area contributed by atoms with E-state index in [-0.39, 0.29) is 5.91 Å². The number of aryl methyl sites for hydroxylation is 5. The molecule has 6 heteroatoms. The molecule has 27 heavy (non-hydrogen) atoms. The topological polar surface area (TPSA) is 64.7 Å². The van der Waals surface area contributed by atoms with Crippen LogP contribution in [-0.4, -0.2) is 32.0 Å². The third-order valence-corrected chi connectivity index (χ3v) is 4.59. The quantitative estimate of drug-likeness (QED) is 0.654. The van der Waals surface area contributed by atoms with E-state index in [2.05, 4.69) is 27.6 Å². The SMILES string of the molecule is Cc1cc(C)n(CCCNC(=O)c2ccc(Cn3nc(C)cc3C)cc2)n1. The molecule has 0 radical (unpaired) electrons. The summed E-state index contributed by atoms with van der Waals surface area (Å²) in [7, 11) is 0. The number of carbonyl (C=O) groups excluding carboxylic acids is 1. The maximum Gasteiger partial charge on any atom is 0.251 e. The molecule has 1 aromatic carbocycles. The molecule has 1 N–H and O–H groups in total. The molecule has 0 aliphatic heterocycles.